The number of amides is 2. The van der Waals surface area contributed by atoms with Crippen molar-refractivity contribution in [3.63, 3.8) is 0 Å². The summed E-state index contributed by atoms with van der Waals surface area (Å²) in [6.07, 6.45) is 23.7. The highest BCUT2D eigenvalue weighted by molar-refractivity contribution is 6.31. The van der Waals surface area contributed by atoms with Gasteiger partial charge in [0.1, 0.15) is 11.3 Å². The highest BCUT2D eigenvalue weighted by Crippen LogP contribution is 2.42. The molecule has 2 aliphatic carbocycles. The minimum Gasteiger partial charge on any atom is -0.481 e. The molecule has 22 nitrogen and oxygen atoms in total. The molecular formula is C56H58Cl2N16O6. The monoisotopic (exact) mass is 1120 g/mol. The maximum atomic E-state index is 12.8. The molecule has 2 aliphatic rings. The van der Waals surface area contributed by atoms with Gasteiger partial charge in [0, 0.05) is 47.2 Å². The van der Waals surface area contributed by atoms with E-state index in [0.29, 0.717) is 65.8 Å². The lowest BCUT2D eigenvalue weighted by molar-refractivity contribution is -0.153. The number of nitrogens with one attached hydrogen (secondary N) is 2. The maximum Gasteiger partial charge on any atom is 0.311 e. The number of hydrogen-bond acceptors (Lipinski definition) is 13. The number of fused-ring (bicyclic) bond motifs is 4. The molecule has 0 unspecified atom stereocenters. The average Bonchev–Trinajstić information content (AvgIpc) is 4.02. The van der Waals surface area contributed by atoms with Crippen molar-refractivity contribution in [2.75, 3.05) is 6.61 Å². The number of aromatic nitrogens is 14. The molecule has 2 saturated carbocycles. The van der Waals surface area contributed by atoms with E-state index in [2.05, 4.69) is 65.8 Å². The maximum absolute atomic E-state index is 12.8. The third kappa shape index (κ3) is 11.8. The van der Waals surface area contributed by atoms with Gasteiger partial charge in [-0.3, -0.25) is 19.2 Å². The van der Waals surface area contributed by atoms with Crippen molar-refractivity contribution in [3.8, 4) is 0 Å². The molecule has 0 aliphatic heterocycles. The van der Waals surface area contributed by atoms with Crippen LogP contribution in [-0.2, 0) is 53.3 Å². The fourth-order valence-corrected chi connectivity index (χ4v) is 10.0. The molecule has 12 rings (SSSR count). The van der Waals surface area contributed by atoms with Crippen LogP contribution in [0.25, 0.3) is 22.3 Å². The molecule has 10 aromatic rings. The molecule has 0 aromatic carbocycles. The van der Waals surface area contributed by atoms with Crippen LogP contribution in [-0.4, -0.2) is 103 Å². The van der Waals surface area contributed by atoms with Crippen LogP contribution in [0.15, 0.2) is 98.6 Å². The molecule has 0 bridgehead atoms. The van der Waals surface area contributed by atoms with Crippen LogP contribution < -0.4 is 10.6 Å². The number of imidazole rings is 4. The molecule has 24 heteroatoms. The number of carboxylic acid groups (broad SMARTS) is 1. The predicted molar refractivity (Wildman–Crippen MR) is 295 cm³/mol. The summed E-state index contributed by atoms with van der Waals surface area (Å²) in [5.74, 6) is -0.731. The summed E-state index contributed by atoms with van der Waals surface area (Å²) >= 11 is 12.2. The van der Waals surface area contributed by atoms with Crippen LogP contribution in [0.4, 0.5) is 0 Å². The first-order valence-electron chi connectivity index (χ1n) is 26.4. The minimum atomic E-state index is -0.919. The van der Waals surface area contributed by atoms with Crippen LogP contribution in [0.1, 0.15) is 138 Å². The highest BCUT2D eigenvalue weighted by atomic mass is 35.5. The van der Waals surface area contributed by atoms with Gasteiger partial charge in [-0.2, -0.15) is 0 Å². The van der Waals surface area contributed by atoms with Crippen LogP contribution in [0.2, 0.25) is 10.0 Å². The quantitative estimate of drug-likeness (QED) is 0.0650. The van der Waals surface area contributed by atoms with E-state index in [-0.39, 0.29) is 42.3 Å². The second kappa shape index (κ2) is 21.6. The molecule has 10 aromatic heterocycles. The van der Waals surface area contributed by atoms with Gasteiger partial charge in [0.2, 0.25) is 0 Å². The third-order valence-corrected chi connectivity index (χ3v) is 14.8. The summed E-state index contributed by atoms with van der Waals surface area (Å²) in [5.41, 5.74) is 9.20. The van der Waals surface area contributed by atoms with Gasteiger partial charge in [-0.05, 0) is 131 Å². The number of nitrogens with zero attached hydrogens (tertiary/aromatic N) is 14. The van der Waals surface area contributed by atoms with Gasteiger partial charge >= 0.3 is 11.9 Å². The number of carbonyl (C=O) groups is 4. The number of pyridine rings is 4. The van der Waals surface area contributed by atoms with Crippen molar-refractivity contribution >= 4 is 69.3 Å². The first kappa shape index (κ1) is 53.5. The van der Waals surface area contributed by atoms with E-state index in [4.69, 9.17) is 37.9 Å². The number of carbonyl (C=O) groups excluding carboxylic acids is 3. The van der Waals surface area contributed by atoms with E-state index in [0.717, 1.165) is 57.7 Å². The largest absolute Gasteiger partial charge is 0.481 e. The molecule has 80 heavy (non-hydrogen) atoms. The van der Waals surface area contributed by atoms with Gasteiger partial charge in [0.25, 0.3) is 11.8 Å². The van der Waals surface area contributed by atoms with Crippen LogP contribution in [0.3, 0.4) is 0 Å². The second-order valence-electron chi connectivity index (χ2n) is 21.8. The lowest BCUT2D eigenvalue weighted by Gasteiger charge is -2.23. The van der Waals surface area contributed by atoms with Gasteiger partial charge in [-0.15, -0.1) is 10.2 Å². The summed E-state index contributed by atoms with van der Waals surface area (Å²) in [7, 11) is 0. The number of rotatable bonds is 19. The van der Waals surface area contributed by atoms with Crippen LogP contribution in [0, 0.1) is 10.8 Å². The van der Waals surface area contributed by atoms with Crippen molar-refractivity contribution < 1.29 is 29.0 Å². The minimum absolute atomic E-state index is 0.181. The molecule has 2 fully saturated rings. The SMILES string of the molecule is CC(C)(Cc1cc(C2CC2)cn2cc(Cn3cc(C(=O)NCc4ncn5ccc(Cl)cc45)nn3)nc12)C(=O)O.CCOC(=O)C(C)(C)Cc1cc(C2CC2)cn2cc(Cn3cc(C(=O)NCc4ncn5ccc(Cl)cc45)nn3)nc12. The Hall–Kier alpha value is -8.50. The summed E-state index contributed by atoms with van der Waals surface area (Å²) < 4.78 is 16.2. The summed E-state index contributed by atoms with van der Waals surface area (Å²) in [5, 5.41) is 32.9. The third-order valence-electron chi connectivity index (χ3n) is 14.4. The summed E-state index contributed by atoms with van der Waals surface area (Å²) in [6, 6.07) is 11.4. The zero-order valence-electron chi connectivity index (χ0n) is 44.7. The topological polar surface area (TPSA) is 252 Å². The Morgan fingerprint density at radius 2 is 1.09 bits per heavy atom. The molecule has 3 N–H and O–H groups in total. The predicted octanol–water partition coefficient (Wildman–Crippen LogP) is 7.95. The first-order chi connectivity index (χ1) is 38.4. The molecule has 412 valence electrons. The number of hydrogen-bond donors (Lipinski definition) is 3. The molecule has 10 heterocycles. The second-order valence-corrected chi connectivity index (χ2v) is 22.7. The average molecular weight is 1120 g/mol. The number of aliphatic carboxylic acids is 1. The van der Waals surface area contributed by atoms with Gasteiger partial charge < -0.3 is 38.1 Å². The Morgan fingerprint density at radius 3 is 1.51 bits per heavy atom. The zero-order chi connectivity index (χ0) is 56.0. The normalized spacial score (nSPS) is 13.7. The van der Waals surface area contributed by atoms with Crippen molar-refractivity contribution in [1.82, 2.24) is 78.2 Å². The Balaban J connectivity index is 0.000000169. The van der Waals surface area contributed by atoms with Gasteiger partial charge in [-0.25, -0.2) is 29.3 Å². The van der Waals surface area contributed by atoms with E-state index >= 15 is 0 Å². The Labute approximate surface area is 468 Å². The summed E-state index contributed by atoms with van der Waals surface area (Å²) in [6.45, 7) is 10.5. The molecule has 0 spiro atoms. The van der Waals surface area contributed by atoms with E-state index in [1.165, 1.54) is 24.0 Å². The standard InChI is InChI=1S/C29H31ClN8O3.C27H27ClN8O3/c1-4-41-28(40)29(2,3)11-19-9-20(18-5-6-18)13-37-14-22(33-26(19)37)15-38-16-24(34-35-38)27(39)31-12-23-25-10-21(30)7-8-36(25)17-32-23;1-27(2,26(38)39)9-17-7-18(16-3-4-16)11-35-12-20(31-24(17)35)13-36-14-22(32-33-36)25(37)29-10-21-23-8-19(28)5-6-34(23)15-30-21/h7-10,13-14,16-18H,4-6,11-12,15H2,1-3H3,(H,31,39);5-8,11-12,14-16H,3-4,9-10,13H2,1-2H3,(H,29,37)(H,38,39). The van der Waals surface area contributed by atoms with Crippen LogP contribution in [0.5, 0.6) is 0 Å². The summed E-state index contributed by atoms with van der Waals surface area (Å²) in [4.78, 5) is 68.3. The lowest BCUT2D eigenvalue weighted by Crippen LogP contribution is -2.29. The number of ether oxygens (including phenoxy) is 1. The highest BCUT2D eigenvalue weighted by Gasteiger charge is 2.33. The number of halogens is 2. The molecule has 0 atom stereocenters. The Bertz CT molecular complexity index is 4010. The Kier molecular flexibility index (Phi) is 14.5. The fraction of sp³-hybridized carbons (Fsp3) is 0.357. The van der Waals surface area contributed by atoms with Gasteiger partial charge in [0.15, 0.2) is 11.4 Å². The Morgan fingerprint density at radius 1 is 0.637 bits per heavy atom. The fourth-order valence-electron chi connectivity index (χ4n) is 9.71. The molecule has 0 radical (unpaired) electrons. The van der Waals surface area contributed by atoms with Crippen molar-refractivity contribution in [1.29, 1.82) is 0 Å². The lowest BCUT2D eigenvalue weighted by atomic mass is 9.85. The first-order valence-corrected chi connectivity index (χ1v) is 27.1. The molecular weight excluding hydrogens is 1060 g/mol. The van der Waals surface area contributed by atoms with E-state index in [9.17, 15) is 24.3 Å². The number of carboxylic acids is 1. The van der Waals surface area contributed by atoms with E-state index < -0.39 is 16.8 Å². The molecule has 2 amide bonds. The number of esters is 1. The van der Waals surface area contributed by atoms with Gasteiger partial charge in [-0.1, -0.05) is 45.8 Å². The molecule has 0 saturated heterocycles. The zero-order valence-corrected chi connectivity index (χ0v) is 46.2. The smallest absolute Gasteiger partial charge is 0.311 e. The van der Waals surface area contributed by atoms with Crippen molar-refractivity contribution in [2.24, 2.45) is 10.8 Å². The van der Waals surface area contributed by atoms with Gasteiger partial charge in [0.05, 0.1) is 102 Å². The van der Waals surface area contributed by atoms with E-state index in [1.807, 2.05) is 63.2 Å². The van der Waals surface area contributed by atoms with Crippen molar-refractivity contribution in [2.45, 2.75) is 111 Å². The van der Waals surface area contributed by atoms with Crippen LogP contribution >= 0.6 is 23.2 Å². The van der Waals surface area contributed by atoms with E-state index in [1.54, 1.807) is 72.5 Å². The van der Waals surface area contributed by atoms with Crippen molar-refractivity contribution in [3.05, 3.63) is 165 Å².